The monoisotopic (exact) mass is 302 g/mol. The maximum Gasteiger partial charge on any atom is 0.343 e. The first-order valence-corrected chi connectivity index (χ1v) is 8.02. The summed E-state index contributed by atoms with van der Waals surface area (Å²) in [6.45, 7) is 2.21. The maximum atomic E-state index is 12.8. The van der Waals surface area contributed by atoms with E-state index in [0.29, 0.717) is 17.9 Å². The van der Waals surface area contributed by atoms with E-state index in [2.05, 4.69) is 0 Å². The van der Waals surface area contributed by atoms with Crippen molar-refractivity contribution in [3.8, 4) is 0 Å². The molecule has 0 bridgehead atoms. The van der Waals surface area contributed by atoms with Gasteiger partial charge >= 0.3 is 6.03 Å². The summed E-state index contributed by atoms with van der Waals surface area (Å²) in [7, 11) is -3.89. The van der Waals surface area contributed by atoms with Crippen LogP contribution < -0.4 is 9.21 Å². The standard InChI is InChI=1S/C15H14N2O3S/c1-2-16-13-10-6-7-11-14(13)21(19,20)17(15(16)18)12-8-4-3-5-9-12/h3-11H,2H2,1H3. The lowest BCUT2D eigenvalue weighted by Gasteiger charge is -2.35. The number of rotatable bonds is 2. The lowest BCUT2D eigenvalue weighted by atomic mass is 10.3. The predicted molar refractivity (Wildman–Crippen MR) is 81.0 cm³/mol. The number of para-hydroxylation sites is 2. The fourth-order valence-electron chi connectivity index (χ4n) is 2.43. The lowest BCUT2D eigenvalue weighted by molar-refractivity contribution is 0.254. The van der Waals surface area contributed by atoms with Gasteiger partial charge in [-0.1, -0.05) is 30.3 Å². The molecule has 5 nitrogen and oxygen atoms in total. The van der Waals surface area contributed by atoms with Gasteiger partial charge in [0.2, 0.25) is 0 Å². The van der Waals surface area contributed by atoms with Crippen molar-refractivity contribution in [3.05, 3.63) is 54.6 Å². The van der Waals surface area contributed by atoms with Crippen molar-refractivity contribution < 1.29 is 13.2 Å². The van der Waals surface area contributed by atoms with Gasteiger partial charge in [0.1, 0.15) is 4.90 Å². The number of nitrogens with zero attached hydrogens (tertiary/aromatic N) is 2. The second-order valence-corrected chi connectivity index (χ2v) is 6.35. The summed E-state index contributed by atoms with van der Waals surface area (Å²) >= 11 is 0. The van der Waals surface area contributed by atoms with Gasteiger partial charge in [-0.2, -0.15) is 4.31 Å². The largest absolute Gasteiger partial charge is 0.343 e. The summed E-state index contributed by atoms with van der Waals surface area (Å²) < 4.78 is 26.4. The van der Waals surface area contributed by atoms with Crippen molar-refractivity contribution in [3.63, 3.8) is 0 Å². The molecule has 0 saturated carbocycles. The first-order valence-electron chi connectivity index (χ1n) is 6.58. The molecule has 1 aliphatic rings. The Morgan fingerprint density at radius 2 is 1.57 bits per heavy atom. The highest BCUT2D eigenvalue weighted by Gasteiger charge is 2.41. The van der Waals surface area contributed by atoms with Gasteiger partial charge in [-0.25, -0.2) is 13.2 Å². The van der Waals surface area contributed by atoms with E-state index in [1.54, 1.807) is 48.5 Å². The highest BCUT2D eigenvalue weighted by atomic mass is 32.2. The Balaban J connectivity index is 2.27. The van der Waals surface area contributed by atoms with Crippen LogP contribution in [0.1, 0.15) is 6.92 Å². The topological polar surface area (TPSA) is 57.7 Å². The van der Waals surface area contributed by atoms with E-state index in [1.807, 2.05) is 6.92 Å². The number of amides is 2. The van der Waals surface area contributed by atoms with Crippen molar-refractivity contribution in [1.82, 2.24) is 0 Å². The van der Waals surface area contributed by atoms with Crippen LogP contribution in [0.4, 0.5) is 16.2 Å². The average molecular weight is 302 g/mol. The number of carbonyl (C=O) groups excluding carboxylic acids is 1. The zero-order valence-corrected chi connectivity index (χ0v) is 12.2. The summed E-state index contributed by atoms with van der Waals surface area (Å²) in [5, 5.41) is 0. The van der Waals surface area contributed by atoms with Crippen LogP contribution in [0.3, 0.4) is 0 Å². The van der Waals surface area contributed by atoms with Gasteiger partial charge in [0.25, 0.3) is 10.0 Å². The molecular formula is C15H14N2O3S. The van der Waals surface area contributed by atoms with Gasteiger partial charge in [0, 0.05) is 6.54 Å². The molecule has 0 saturated heterocycles. The zero-order valence-electron chi connectivity index (χ0n) is 11.4. The second-order valence-electron chi connectivity index (χ2n) is 4.60. The first kappa shape index (κ1) is 13.6. The van der Waals surface area contributed by atoms with E-state index in [9.17, 15) is 13.2 Å². The molecular weight excluding hydrogens is 288 g/mol. The van der Waals surface area contributed by atoms with Crippen LogP contribution in [0.5, 0.6) is 0 Å². The van der Waals surface area contributed by atoms with E-state index in [4.69, 9.17) is 0 Å². The van der Waals surface area contributed by atoms with Crippen LogP contribution in [0, 0.1) is 0 Å². The van der Waals surface area contributed by atoms with E-state index in [-0.39, 0.29) is 4.90 Å². The number of carbonyl (C=O) groups is 1. The van der Waals surface area contributed by atoms with Crippen molar-refractivity contribution in [2.24, 2.45) is 0 Å². The fraction of sp³-hybridized carbons (Fsp3) is 0.133. The Morgan fingerprint density at radius 3 is 2.24 bits per heavy atom. The fourth-order valence-corrected chi connectivity index (χ4v) is 4.02. The normalized spacial score (nSPS) is 16.7. The molecule has 3 rings (SSSR count). The molecule has 2 amide bonds. The number of fused-ring (bicyclic) bond motifs is 1. The van der Waals surface area contributed by atoms with Crippen LogP contribution in [0.2, 0.25) is 0 Å². The molecule has 1 aliphatic heterocycles. The van der Waals surface area contributed by atoms with Gasteiger partial charge in [0.15, 0.2) is 0 Å². The summed E-state index contributed by atoms with van der Waals surface area (Å²) in [6, 6.07) is 14.4. The quantitative estimate of drug-likeness (QED) is 0.857. The van der Waals surface area contributed by atoms with Crippen molar-refractivity contribution in [2.45, 2.75) is 11.8 Å². The minimum atomic E-state index is -3.89. The third-order valence-corrected chi connectivity index (χ3v) is 5.13. The van der Waals surface area contributed by atoms with Crippen LogP contribution >= 0.6 is 0 Å². The summed E-state index contributed by atoms with van der Waals surface area (Å²) in [5.74, 6) is 0. The minimum Gasteiger partial charge on any atom is -0.292 e. The van der Waals surface area contributed by atoms with E-state index in [1.165, 1.54) is 11.0 Å². The molecule has 0 aliphatic carbocycles. The number of urea groups is 1. The Labute approximate surface area is 123 Å². The molecule has 2 aromatic carbocycles. The van der Waals surface area contributed by atoms with Gasteiger partial charge in [-0.05, 0) is 31.2 Å². The molecule has 0 N–H and O–H groups in total. The molecule has 0 atom stereocenters. The minimum absolute atomic E-state index is 0.148. The number of sulfonamides is 1. The molecule has 2 aromatic rings. The molecule has 0 fully saturated rings. The zero-order chi connectivity index (χ0) is 15.0. The van der Waals surface area contributed by atoms with Crippen LogP contribution in [-0.4, -0.2) is 21.0 Å². The van der Waals surface area contributed by atoms with Crippen LogP contribution in [-0.2, 0) is 10.0 Å². The summed E-state index contributed by atoms with van der Waals surface area (Å²) in [5.41, 5.74) is 0.771. The van der Waals surface area contributed by atoms with E-state index >= 15 is 0 Å². The highest BCUT2D eigenvalue weighted by molar-refractivity contribution is 7.94. The maximum absolute atomic E-state index is 12.8. The molecule has 21 heavy (non-hydrogen) atoms. The third kappa shape index (κ3) is 1.99. The Morgan fingerprint density at radius 1 is 0.952 bits per heavy atom. The molecule has 0 unspecified atom stereocenters. The van der Waals surface area contributed by atoms with Crippen molar-refractivity contribution >= 4 is 27.4 Å². The highest BCUT2D eigenvalue weighted by Crippen LogP contribution is 2.36. The second kappa shape index (κ2) is 4.89. The van der Waals surface area contributed by atoms with Crippen LogP contribution in [0.25, 0.3) is 0 Å². The molecule has 1 heterocycles. The number of hydrogen-bond acceptors (Lipinski definition) is 3. The molecule has 0 spiro atoms. The van der Waals surface area contributed by atoms with Gasteiger partial charge < -0.3 is 0 Å². The predicted octanol–water partition coefficient (Wildman–Crippen LogP) is 2.84. The number of hydrogen-bond donors (Lipinski definition) is 0. The van der Waals surface area contributed by atoms with Gasteiger partial charge in [-0.3, -0.25) is 4.90 Å². The molecule has 0 aromatic heterocycles. The van der Waals surface area contributed by atoms with Crippen LogP contribution in [0.15, 0.2) is 59.5 Å². The number of anilines is 2. The van der Waals surface area contributed by atoms with E-state index < -0.39 is 16.1 Å². The Bertz CT molecular complexity index is 788. The van der Waals surface area contributed by atoms with Crippen molar-refractivity contribution in [1.29, 1.82) is 0 Å². The van der Waals surface area contributed by atoms with Gasteiger partial charge in [-0.15, -0.1) is 0 Å². The van der Waals surface area contributed by atoms with Crippen molar-refractivity contribution in [2.75, 3.05) is 15.7 Å². The number of benzene rings is 2. The van der Waals surface area contributed by atoms with Gasteiger partial charge in [0.05, 0.1) is 11.4 Å². The Kier molecular flexibility index (Phi) is 3.17. The SMILES string of the molecule is CCN1C(=O)N(c2ccccc2)S(=O)(=O)c2ccccc21. The Hall–Kier alpha value is -2.34. The molecule has 0 radical (unpaired) electrons. The summed E-state index contributed by atoms with van der Waals surface area (Å²) in [4.78, 5) is 14.2. The smallest absolute Gasteiger partial charge is 0.292 e. The van der Waals surface area contributed by atoms with E-state index in [0.717, 1.165) is 4.31 Å². The molecule has 108 valence electrons. The average Bonchev–Trinajstić information content (AvgIpc) is 2.48. The molecule has 6 heteroatoms. The lowest BCUT2D eigenvalue weighted by Crippen LogP contribution is -2.50. The first-order chi connectivity index (χ1) is 10.1. The summed E-state index contributed by atoms with van der Waals surface area (Å²) in [6.07, 6.45) is 0. The third-order valence-electron chi connectivity index (χ3n) is 3.39.